The van der Waals surface area contributed by atoms with E-state index in [1.54, 1.807) is 18.0 Å². The van der Waals surface area contributed by atoms with Crippen LogP contribution in [0.15, 0.2) is 53.1 Å². The molecule has 0 fully saturated rings. The number of aryl methyl sites for hydroxylation is 2. The molecule has 0 aliphatic heterocycles. The number of likely N-dealkylation sites (N-methyl/N-ethyl adjacent to an activating group) is 1. The molecule has 0 aliphatic carbocycles. The molecule has 26 heavy (non-hydrogen) atoms. The number of benzene rings is 1. The van der Waals surface area contributed by atoms with Crippen LogP contribution in [0.4, 0.5) is 0 Å². The minimum absolute atomic E-state index is 0.0739. The van der Waals surface area contributed by atoms with Gasteiger partial charge in [-0.3, -0.25) is 4.79 Å². The quantitative estimate of drug-likeness (QED) is 0.653. The van der Waals surface area contributed by atoms with Gasteiger partial charge >= 0.3 is 0 Å². The Kier molecular flexibility index (Phi) is 5.07. The minimum Gasteiger partial charge on any atom is -0.361 e. The van der Waals surface area contributed by atoms with Crippen molar-refractivity contribution in [1.82, 2.24) is 14.6 Å². The third-order valence-electron chi connectivity index (χ3n) is 4.34. The van der Waals surface area contributed by atoms with Gasteiger partial charge in [0.25, 0.3) is 0 Å². The zero-order valence-corrected chi connectivity index (χ0v) is 15.6. The SMILES string of the molecule is Cc1cc(CN(C)C(=O)/C=C/c2cc(C)n(-c3ccccc3)c2C)no1. The zero-order valence-electron chi connectivity index (χ0n) is 15.6. The van der Waals surface area contributed by atoms with E-state index in [1.165, 1.54) is 0 Å². The highest BCUT2D eigenvalue weighted by molar-refractivity contribution is 5.91. The highest BCUT2D eigenvalue weighted by atomic mass is 16.5. The molecule has 0 atom stereocenters. The molecule has 1 aromatic carbocycles. The summed E-state index contributed by atoms with van der Waals surface area (Å²) < 4.78 is 7.23. The van der Waals surface area contributed by atoms with Crippen LogP contribution in [0.3, 0.4) is 0 Å². The molecular weight excluding hydrogens is 326 g/mol. The van der Waals surface area contributed by atoms with Crippen LogP contribution < -0.4 is 0 Å². The van der Waals surface area contributed by atoms with Crippen molar-refractivity contribution in [3.63, 3.8) is 0 Å². The largest absolute Gasteiger partial charge is 0.361 e. The van der Waals surface area contributed by atoms with E-state index < -0.39 is 0 Å². The van der Waals surface area contributed by atoms with Gasteiger partial charge in [-0.05, 0) is 50.6 Å². The van der Waals surface area contributed by atoms with Crippen molar-refractivity contribution in [1.29, 1.82) is 0 Å². The highest BCUT2D eigenvalue weighted by Gasteiger charge is 2.11. The molecule has 5 heteroatoms. The summed E-state index contributed by atoms with van der Waals surface area (Å²) >= 11 is 0. The first-order valence-corrected chi connectivity index (χ1v) is 8.55. The number of nitrogens with zero attached hydrogens (tertiary/aromatic N) is 3. The molecule has 3 aromatic rings. The van der Waals surface area contributed by atoms with Crippen LogP contribution >= 0.6 is 0 Å². The van der Waals surface area contributed by atoms with Crippen LogP contribution in [-0.4, -0.2) is 27.6 Å². The molecule has 0 unspecified atom stereocenters. The van der Waals surface area contributed by atoms with E-state index in [4.69, 9.17) is 4.52 Å². The van der Waals surface area contributed by atoms with Gasteiger partial charge in [0.2, 0.25) is 5.91 Å². The standard InChI is InChI=1S/C21H23N3O2/c1-15-12-18(17(3)24(15)20-8-6-5-7-9-20)10-11-21(25)23(4)14-19-13-16(2)26-22-19/h5-13H,14H2,1-4H3/b11-10+. The second-order valence-electron chi connectivity index (χ2n) is 6.45. The molecule has 1 amide bonds. The molecule has 0 spiro atoms. The molecule has 0 aliphatic rings. The first-order chi connectivity index (χ1) is 12.5. The molecular formula is C21H23N3O2. The fraction of sp³-hybridized carbons (Fsp3) is 0.238. The van der Waals surface area contributed by atoms with Gasteiger partial charge in [-0.2, -0.15) is 0 Å². The van der Waals surface area contributed by atoms with Gasteiger partial charge < -0.3 is 14.0 Å². The Labute approximate surface area is 153 Å². The lowest BCUT2D eigenvalue weighted by Gasteiger charge is -2.12. The summed E-state index contributed by atoms with van der Waals surface area (Å²) in [5, 5.41) is 3.92. The number of rotatable bonds is 5. The number of hydrogen-bond acceptors (Lipinski definition) is 3. The predicted molar refractivity (Wildman–Crippen MR) is 102 cm³/mol. The Bertz CT molecular complexity index is 936. The van der Waals surface area contributed by atoms with Gasteiger partial charge in [0.15, 0.2) is 0 Å². The molecule has 0 N–H and O–H groups in total. The molecule has 0 saturated carbocycles. The average Bonchev–Trinajstić information content (AvgIpc) is 3.15. The second-order valence-corrected chi connectivity index (χ2v) is 6.45. The topological polar surface area (TPSA) is 51.3 Å². The van der Waals surface area contributed by atoms with Gasteiger partial charge in [0.1, 0.15) is 11.5 Å². The number of aromatic nitrogens is 2. The van der Waals surface area contributed by atoms with E-state index in [0.29, 0.717) is 6.54 Å². The van der Waals surface area contributed by atoms with Crippen molar-refractivity contribution in [3.8, 4) is 5.69 Å². The van der Waals surface area contributed by atoms with E-state index in [-0.39, 0.29) is 5.91 Å². The summed E-state index contributed by atoms with van der Waals surface area (Å²) in [4.78, 5) is 14.0. The van der Waals surface area contributed by atoms with Crippen LogP contribution in [0.5, 0.6) is 0 Å². The van der Waals surface area contributed by atoms with Gasteiger partial charge in [-0.25, -0.2) is 0 Å². The van der Waals surface area contributed by atoms with Crippen LogP contribution in [0.2, 0.25) is 0 Å². The van der Waals surface area contributed by atoms with Crippen molar-refractivity contribution < 1.29 is 9.32 Å². The Morgan fingerprint density at radius 3 is 2.58 bits per heavy atom. The lowest BCUT2D eigenvalue weighted by Crippen LogP contribution is -2.24. The molecule has 3 rings (SSSR count). The van der Waals surface area contributed by atoms with Crippen LogP contribution in [-0.2, 0) is 11.3 Å². The smallest absolute Gasteiger partial charge is 0.246 e. The zero-order chi connectivity index (χ0) is 18.7. The van der Waals surface area contributed by atoms with Crippen LogP contribution in [0.1, 0.15) is 28.4 Å². The summed E-state index contributed by atoms with van der Waals surface area (Å²) in [5.74, 6) is 0.667. The van der Waals surface area contributed by atoms with Crippen molar-refractivity contribution in [3.05, 3.63) is 76.9 Å². The van der Waals surface area contributed by atoms with Crippen molar-refractivity contribution in [2.75, 3.05) is 7.05 Å². The number of carbonyl (C=O) groups excluding carboxylic acids is 1. The maximum atomic E-state index is 12.4. The van der Waals surface area contributed by atoms with Gasteiger partial charge in [0, 0.05) is 36.3 Å². The third-order valence-corrected chi connectivity index (χ3v) is 4.34. The highest BCUT2D eigenvalue weighted by Crippen LogP contribution is 2.21. The number of para-hydroxylation sites is 1. The van der Waals surface area contributed by atoms with Crippen LogP contribution in [0, 0.1) is 20.8 Å². The molecule has 0 saturated heterocycles. The lowest BCUT2D eigenvalue weighted by molar-refractivity contribution is -0.125. The molecule has 0 radical (unpaired) electrons. The van der Waals surface area contributed by atoms with E-state index in [9.17, 15) is 4.79 Å². The maximum absolute atomic E-state index is 12.4. The van der Waals surface area contributed by atoms with Gasteiger partial charge in [-0.15, -0.1) is 0 Å². The maximum Gasteiger partial charge on any atom is 0.246 e. The van der Waals surface area contributed by atoms with E-state index in [0.717, 1.165) is 34.1 Å². The van der Waals surface area contributed by atoms with Crippen molar-refractivity contribution in [2.24, 2.45) is 0 Å². The summed E-state index contributed by atoms with van der Waals surface area (Å²) in [6.07, 6.45) is 3.47. The third kappa shape index (κ3) is 3.77. The fourth-order valence-corrected chi connectivity index (χ4v) is 3.03. The first kappa shape index (κ1) is 17.7. The Hall–Kier alpha value is -3.08. The number of amides is 1. The fourth-order valence-electron chi connectivity index (χ4n) is 3.03. The van der Waals surface area contributed by atoms with Crippen LogP contribution in [0.25, 0.3) is 11.8 Å². The summed E-state index contributed by atoms with van der Waals surface area (Å²) in [7, 11) is 1.75. The molecule has 0 bridgehead atoms. The lowest BCUT2D eigenvalue weighted by atomic mass is 10.2. The monoisotopic (exact) mass is 349 g/mol. The van der Waals surface area contributed by atoms with E-state index in [2.05, 4.69) is 41.8 Å². The van der Waals surface area contributed by atoms with Crippen molar-refractivity contribution >= 4 is 12.0 Å². The van der Waals surface area contributed by atoms with E-state index >= 15 is 0 Å². The Morgan fingerprint density at radius 2 is 1.92 bits per heavy atom. The Balaban J connectivity index is 1.75. The summed E-state index contributed by atoms with van der Waals surface area (Å²) in [5.41, 5.74) is 5.13. The first-order valence-electron chi connectivity index (χ1n) is 8.55. The van der Waals surface area contributed by atoms with Crippen molar-refractivity contribution in [2.45, 2.75) is 27.3 Å². The van der Waals surface area contributed by atoms with E-state index in [1.807, 2.05) is 37.3 Å². The van der Waals surface area contributed by atoms with Gasteiger partial charge in [-0.1, -0.05) is 23.4 Å². The normalized spacial score (nSPS) is 11.2. The second kappa shape index (κ2) is 7.44. The molecule has 2 aromatic heterocycles. The van der Waals surface area contributed by atoms with Gasteiger partial charge in [0.05, 0.1) is 6.54 Å². The number of hydrogen-bond donors (Lipinski definition) is 0. The summed E-state index contributed by atoms with van der Waals surface area (Å²) in [6, 6.07) is 14.1. The predicted octanol–water partition coefficient (Wildman–Crippen LogP) is 4.06. The summed E-state index contributed by atoms with van der Waals surface area (Å²) in [6.45, 7) is 6.38. The Morgan fingerprint density at radius 1 is 1.19 bits per heavy atom. The average molecular weight is 349 g/mol. The number of carbonyl (C=O) groups is 1. The molecule has 2 heterocycles. The minimum atomic E-state index is -0.0739. The molecule has 134 valence electrons. The molecule has 5 nitrogen and oxygen atoms in total.